The summed E-state index contributed by atoms with van der Waals surface area (Å²) in [5, 5.41) is 38.5. The van der Waals surface area contributed by atoms with Crippen LogP contribution in [0.3, 0.4) is 0 Å². The topological polar surface area (TPSA) is 141 Å². The van der Waals surface area contributed by atoms with Crippen molar-refractivity contribution in [2.75, 3.05) is 6.61 Å². The Morgan fingerprint density at radius 2 is 0.354 bits per heavy atom. The van der Waals surface area contributed by atoms with E-state index in [2.05, 4.69) is 20.8 Å². The van der Waals surface area contributed by atoms with E-state index in [-0.39, 0.29) is 41.0 Å². The molecule has 0 amide bonds. The summed E-state index contributed by atoms with van der Waals surface area (Å²) in [4.78, 5) is 30.7. The van der Waals surface area contributed by atoms with Crippen molar-refractivity contribution in [2.24, 2.45) is 0 Å². The molecule has 0 fully saturated rings. The van der Waals surface area contributed by atoms with E-state index >= 15 is 0 Å². The van der Waals surface area contributed by atoms with E-state index in [4.69, 9.17) is 5.11 Å². The number of aliphatic hydroxyl groups is 1. The Morgan fingerprint density at radius 3 is 0.446 bits per heavy atom. The zero-order valence-corrected chi connectivity index (χ0v) is 45.8. The van der Waals surface area contributed by atoms with Gasteiger partial charge >= 0.3 is 21.7 Å². The molecule has 65 heavy (non-hydrogen) atoms. The summed E-state index contributed by atoms with van der Waals surface area (Å²) in [6, 6.07) is 0. The maximum atomic E-state index is 10.2. The van der Waals surface area contributed by atoms with Gasteiger partial charge < -0.3 is 34.8 Å². The minimum atomic E-state index is -0.903. The third kappa shape index (κ3) is 90.2. The number of unbranched alkanes of at least 4 members (excludes halogenated alkanes) is 42. The van der Waals surface area contributed by atoms with Gasteiger partial charge in [0.2, 0.25) is 0 Å². The molecule has 387 valence electrons. The van der Waals surface area contributed by atoms with Crippen molar-refractivity contribution in [3.63, 3.8) is 0 Å². The molecule has 0 bridgehead atoms. The number of aliphatic carboxylic acids is 3. The maximum absolute atomic E-state index is 10.2. The summed E-state index contributed by atoms with van der Waals surface area (Å²) in [6.45, 7) is 9.05. The first kappa shape index (κ1) is 73.1. The second-order valence-electron chi connectivity index (χ2n) is 18.9. The van der Waals surface area contributed by atoms with Gasteiger partial charge in [0.25, 0.3) is 0 Å². The average molecular weight is 958 g/mol. The number of aliphatic hydroxyl groups excluding tert-OH is 1. The van der Waals surface area contributed by atoms with Gasteiger partial charge in [-0.1, -0.05) is 297 Å². The van der Waals surface area contributed by atoms with Gasteiger partial charge in [-0.2, -0.15) is 0 Å². The van der Waals surface area contributed by atoms with Crippen molar-refractivity contribution < 1.29 is 56.5 Å². The second kappa shape index (κ2) is 72.1. The predicted octanol–water partition coefficient (Wildman–Crippen LogP) is 15.4. The van der Waals surface area contributed by atoms with Crippen LogP contribution in [-0.2, 0) is 36.1 Å². The quantitative estimate of drug-likeness (QED) is 0.0473. The zero-order valence-electron chi connectivity index (χ0n) is 44.3. The van der Waals surface area contributed by atoms with Crippen LogP contribution in [0.15, 0.2) is 0 Å². The molecule has 8 heteroatoms. The summed E-state index contributed by atoms with van der Waals surface area (Å²) in [7, 11) is 0. The van der Waals surface area contributed by atoms with Gasteiger partial charge in [-0.05, 0) is 44.9 Å². The summed E-state index contributed by atoms with van der Waals surface area (Å²) in [5.74, 6) is -2.71. The van der Waals surface area contributed by atoms with Crippen molar-refractivity contribution >= 4 is 17.9 Å². The van der Waals surface area contributed by atoms with E-state index in [1.165, 1.54) is 250 Å². The van der Waals surface area contributed by atoms with E-state index in [1.54, 1.807) is 0 Å². The van der Waals surface area contributed by atoms with Gasteiger partial charge in [-0.25, -0.2) is 0 Å². The molecule has 1 N–H and O–H groups in total. The molecule has 0 saturated heterocycles. The minimum Gasteiger partial charge on any atom is -0.550 e. The molecule has 0 aromatic rings. The third-order valence-corrected chi connectivity index (χ3v) is 12.2. The number of hydrogen-bond acceptors (Lipinski definition) is 7. The number of carbonyl (C=O) groups excluding carboxylic acids is 3. The van der Waals surface area contributed by atoms with Gasteiger partial charge in [-0.15, -0.1) is 0 Å². The summed E-state index contributed by atoms with van der Waals surface area (Å²) < 4.78 is 0. The van der Waals surface area contributed by atoms with Crippen LogP contribution in [-0.4, -0.2) is 29.6 Å². The second-order valence-corrected chi connectivity index (χ2v) is 18.9. The van der Waals surface area contributed by atoms with Crippen molar-refractivity contribution in [2.45, 2.75) is 342 Å². The molecule has 0 unspecified atom stereocenters. The van der Waals surface area contributed by atoms with Crippen LogP contribution < -0.4 is 15.3 Å². The molecule has 0 aliphatic carbocycles. The van der Waals surface area contributed by atoms with Crippen LogP contribution >= 0.6 is 0 Å². The molecule has 0 aliphatic heterocycles. The smallest absolute Gasteiger partial charge is 0.550 e. The molecular weight excluding hydrogens is 844 g/mol. The van der Waals surface area contributed by atoms with Crippen LogP contribution in [0, 0.1) is 0 Å². The molecule has 0 spiro atoms. The minimum absolute atomic E-state index is 0. The summed E-state index contributed by atoms with van der Waals surface area (Å²) >= 11 is 0. The number of hydrogen-bond donors (Lipinski definition) is 1. The monoisotopic (exact) mass is 958 g/mol. The van der Waals surface area contributed by atoms with E-state index in [0.29, 0.717) is 6.61 Å². The Balaban J connectivity index is -0.000000263. The Bertz CT molecular complexity index is 749. The molecule has 0 heterocycles. The molecule has 0 aromatic heterocycles. The number of rotatable bonds is 49. The summed E-state index contributed by atoms with van der Waals surface area (Å²) in [5.41, 5.74) is 0. The Kier molecular flexibility index (Phi) is 81.0. The van der Waals surface area contributed by atoms with Gasteiger partial charge in [0.15, 0.2) is 0 Å². The first-order valence-corrected chi connectivity index (χ1v) is 28.4. The van der Waals surface area contributed by atoms with Crippen molar-refractivity contribution in [3.05, 3.63) is 0 Å². The predicted molar refractivity (Wildman–Crippen MR) is 271 cm³/mol. The Morgan fingerprint density at radius 1 is 0.246 bits per heavy atom. The van der Waals surface area contributed by atoms with E-state index in [9.17, 15) is 29.7 Å². The van der Waals surface area contributed by atoms with Crippen molar-refractivity contribution in [1.29, 1.82) is 0 Å². The van der Waals surface area contributed by atoms with Crippen LogP contribution in [0.1, 0.15) is 342 Å². The SMILES string of the molecule is CCCCCCCCCCCCCCCCCC(=O)[O-].CCCCCCCCCCCCCCCCCC(=O)[O-].CCCCCCCCCCCCCCCCCC(=O)[O-].CCCO.[Ti+3]. The van der Waals surface area contributed by atoms with Crippen LogP contribution in [0.5, 0.6) is 0 Å². The van der Waals surface area contributed by atoms with Crippen molar-refractivity contribution in [1.82, 2.24) is 0 Å². The van der Waals surface area contributed by atoms with Crippen LogP contribution in [0.25, 0.3) is 0 Å². The first-order valence-electron chi connectivity index (χ1n) is 28.4. The number of carboxylic acid groups (broad SMARTS) is 3. The van der Waals surface area contributed by atoms with Gasteiger partial charge in [0.05, 0.1) is 0 Å². The molecule has 7 nitrogen and oxygen atoms in total. The molecule has 0 atom stereocenters. The Hall–Kier alpha value is -0.916. The molecule has 0 rings (SSSR count). The third-order valence-electron chi connectivity index (χ3n) is 12.2. The Labute approximate surface area is 421 Å². The molecule has 0 aromatic carbocycles. The van der Waals surface area contributed by atoms with Gasteiger partial charge in [0, 0.05) is 24.5 Å². The molecule has 0 aliphatic rings. The van der Waals surface area contributed by atoms with Crippen LogP contribution in [0.2, 0.25) is 0 Å². The largest absolute Gasteiger partial charge is 3.00 e. The van der Waals surface area contributed by atoms with E-state index in [0.717, 1.165) is 44.9 Å². The standard InChI is InChI=1S/3C18H36O2.C3H8O.Ti/c3*1-2-3-4-5-6-7-8-9-10-11-12-13-14-15-16-17-18(19)20;1-2-3-4;/h3*2-17H2,1H3,(H,19,20);4H,2-3H2,1H3;/q;;;;+3/p-3. The van der Waals surface area contributed by atoms with Gasteiger partial charge in [-0.3, -0.25) is 0 Å². The number of carbonyl (C=O) groups is 3. The van der Waals surface area contributed by atoms with E-state index < -0.39 is 17.9 Å². The molecule has 1 radical (unpaired) electrons. The first-order chi connectivity index (χ1) is 31.2. The average Bonchev–Trinajstić information content (AvgIpc) is 3.28. The maximum Gasteiger partial charge on any atom is 3.00 e. The normalized spacial score (nSPS) is 10.5. The fourth-order valence-electron chi connectivity index (χ4n) is 7.92. The fourth-order valence-corrected chi connectivity index (χ4v) is 7.92. The molecule has 0 saturated carbocycles. The van der Waals surface area contributed by atoms with Gasteiger partial charge in [0.1, 0.15) is 0 Å². The van der Waals surface area contributed by atoms with Crippen LogP contribution in [0.4, 0.5) is 0 Å². The molecular formula is C57H113O7Ti. The van der Waals surface area contributed by atoms with E-state index in [1.807, 2.05) is 6.92 Å². The summed E-state index contributed by atoms with van der Waals surface area (Å²) in [6.07, 6.45) is 60.4. The zero-order chi connectivity index (χ0) is 48.1. The number of carboxylic acids is 3. The fraction of sp³-hybridized carbons (Fsp3) is 0.947. The van der Waals surface area contributed by atoms with Crippen molar-refractivity contribution in [3.8, 4) is 0 Å².